The topological polar surface area (TPSA) is 118 Å². The summed E-state index contributed by atoms with van der Waals surface area (Å²) in [5.41, 5.74) is 8.14. The summed E-state index contributed by atoms with van der Waals surface area (Å²) < 4.78 is 4.44. The summed E-state index contributed by atoms with van der Waals surface area (Å²) in [5.74, 6) is -0.806. The van der Waals surface area contributed by atoms with Crippen LogP contribution in [-0.2, 0) is 11.3 Å². The normalized spacial score (nSPS) is 9.24. The number of nitro groups is 1. The van der Waals surface area contributed by atoms with Gasteiger partial charge in [-0.3, -0.25) is 10.1 Å². The van der Waals surface area contributed by atoms with Crippen LogP contribution in [0.15, 0.2) is 23.3 Å². The number of hydrogen-bond acceptors (Lipinski definition) is 5. The number of ether oxygens (including phenoxy) is 1. The van der Waals surface area contributed by atoms with Gasteiger partial charge in [-0.25, -0.2) is 4.79 Å². The number of carbonyl (C=O) groups excluding carboxylic acids is 1. The molecule has 0 bridgehead atoms. The van der Waals surface area contributed by atoms with Crippen LogP contribution < -0.4 is 0 Å². The average molecular weight is 236 g/mol. The minimum Gasteiger partial charge on any atom is -0.465 e. The van der Waals surface area contributed by atoms with Gasteiger partial charge in [0, 0.05) is 11.0 Å². The Hall–Kier alpha value is -2.60. The second-order valence-electron chi connectivity index (χ2n) is 2.99. The monoisotopic (exact) mass is 236 g/mol. The van der Waals surface area contributed by atoms with E-state index in [9.17, 15) is 14.9 Å². The first-order chi connectivity index (χ1) is 8.10. The third-order valence-corrected chi connectivity index (χ3v) is 1.98. The molecule has 0 saturated heterocycles. The number of carbonyl (C=O) groups is 1. The summed E-state index contributed by atoms with van der Waals surface area (Å²) in [6.07, 6.45) is 0. The van der Waals surface area contributed by atoms with Gasteiger partial charge < -0.3 is 4.74 Å². The van der Waals surface area contributed by atoms with Crippen LogP contribution in [0.1, 0.15) is 15.9 Å². The third-order valence-electron chi connectivity index (χ3n) is 1.98. The van der Waals surface area contributed by atoms with E-state index in [1.165, 1.54) is 18.2 Å². The van der Waals surface area contributed by atoms with Gasteiger partial charge in [-0.05, 0) is 17.2 Å². The van der Waals surface area contributed by atoms with Crippen LogP contribution in [0.25, 0.3) is 10.4 Å². The Balaban J connectivity index is 3.23. The Morgan fingerprint density at radius 3 is 2.88 bits per heavy atom. The Morgan fingerprint density at radius 2 is 2.35 bits per heavy atom. The molecule has 0 heterocycles. The van der Waals surface area contributed by atoms with Crippen LogP contribution in [0, 0.1) is 10.1 Å². The number of rotatable bonds is 4. The zero-order chi connectivity index (χ0) is 12.8. The standard InChI is InChI=1S/C9H8N4O4/c1-17-9(14)7-4-6(5-11-12-10)2-3-8(7)13(15)16/h2-4H,5H2,1H3. The lowest BCUT2D eigenvalue weighted by Gasteiger charge is -2.03. The molecule has 0 N–H and O–H groups in total. The number of nitro benzene ring substituents is 1. The molecule has 0 saturated carbocycles. The maximum Gasteiger partial charge on any atom is 0.344 e. The van der Waals surface area contributed by atoms with E-state index in [1.807, 2.05) is 0 Å². The minimum absolute atomic E-state index is 0.0124. The van der Waals surface area contributed by atoms with Crippen molar-refractivity contribution in [3.8, 4) is 0 Å². The molecule has 17 heavy (non-hydrogen) atoms. The quantitative estimate of drug-likeness (QED) is 0.199. The SMILES string of the molecule is COC(=O)c1cc(CN=[N+]=[N-])ccc1[N+](=O)[O-]. The van der Waals surface area contributed by atoms with E-state index in [0.29, 0.717) is 5.56 Å². The average Bonchev–Trinajstić information content (AvgIpc) is 2.34. The van der Waals surface area contributed by atoms with Gasteiger partial charge in [-0.15, -0.1) is 0 Å². The second kappa shape index (κ2) is 5.47. The Kier molecular flexibility index (Phi) is 4.02. The molecule has 0 aliphatic rings. The summed E-state index contributed by atoms with van der Waals surface area (Å²) in [6, 6.07) is 3.87. The fraction of sp³-hybridized carbons (Fsp3) is 0.222. The van der Waals surface area contributed by atoms with Crippen molar-refractivity contribution in [2.75, 3.05) is 7.11 Å². The van der Waals surface area contributed by atoms with Crippen molar-refractivity contribution >= 4 is 11.7 Å². The molecule has 0 unspecified atom stereocenters. The fourth-order valence-electron chi connectivity index (χ4n) is 1.23. The number of nitrogens with zero attached hydrogens (tertiary/aromatic N) is 4. The van der Waals surface area contributed by atoms with Gasteiger partial charge >= 0.3 is 5.97 Å². The van der Waals surface area contributed by atoms with E-state index in [0.717, 1.165) is 7.11 Å². The van der Waals surface area contributed by atoms with Crippen molar-refractivity contribution in [1.29, 1.82) is 0 Å². The van der Waals surface area contributed by atoms with Gasteiger partial charge in [0.2, 0.25) is 0 Å². The summed E-state index contributed by atoms with van der Waals surface area (Å²) >= 11 is 0. The van der Waals surface area contributed by atoms with Gasteiger partial charge in [-0.2, -0.15) is 0 Å². The van der Waals surface area contributed by atoms with Gasteiger partial charge in [-0.1, -0.05) is 11.2 Å². The molecule has 1 aromatic rings. The number of methoxy groups -OCH3 is 1. The summed E-state index contributed by atoms with van der Waals surface area (Å²) in [4.78, 5) is 23.9. The highest BCUT2D eigenvalue weighted by molar-refractivity contribution is 5.94. The zero-order valence-electron chi connectivity index (χ0n) is 8.86. The van der Waals surface area contributed by atoms with E-state index in [4.69, 9.17) is 5.53 Å². The lowest BCUT2D eigenvalue weighted by Crippen LogP contribution is -2.06. The molecule has 0 aromatic heterocycles. The number of azide groups is 1. The van der Waals surface area contributed by atoms with Gasteiger partial charge in [0.25, 0.3) is 5.69 Å². The predicted molar refractivity (Wildman–Crippen MR) is 57.3 cm³/mol. The van der Waals surface area contributed by atoms with Crippen LogP contribution in [0.5, 0.6) is 0 Å². The van der Waals surface area contributed by atoms with E-state index in [2.05, 4.69) is 14.8 Å². The molecular formula is C9H8N4O4. The van der Waals surface area contributed by atoms with E-state index in [-0.39, 0.29) is 17.8 Å². The van der Waals surface area contributed by atoms with Crippen molar-refractivity contribution in [2.45, 2.75) is 6.54 Å². The first-order valence-electron chi connectivity index (χ1n) is 4.46. The molecule has 0 amide bonds. The molecule has 8 nitrogen and oxygen atoms in total. The molecule has 0 aliphatic carbocycles. The summed E-state index contributed by atoms with van der Waals surface area (Å²) in [6.45, 7) is 0.0124. The summed E-state index contributed by atoms with van der Waals surface area (Å²) in [7, 11) is 1.13. The van der Waals surface area contributed by atoms with Gasteiger partial charge in [0.05, 0.1) is 18.6 Å². The first-order valence-corrected chi connectivity index (χ1v) is 4.46. The van der Waals surface area contributed by atoms with Gasteiger partial charge in [0.1, 0.15) is 5.56 Å². The van der Waals surface area contributed by atoms with Crippen LogP contribution in [-0.4, -0.2) is 18.0 Å². The Bertz CT molecular complexity index is 508. The molecule has 0 aliphatic heterocycles. The third kappa shape index (κ3) is 2.93. The number of esters is 1. The Morgan fingerprint density at radius 1 is 1.65 bits per heavy atom. The van der Waals surface area contributed by atoms with Crippen LogP contribution in [0.2, 0.25) is 0 Å². The molecule has 8 heteroatoms. The molecule has 88 valence electrons. The maximum atomic E-state index is 11.3. The van der Waals surface area contributed by atoms with Crippen LogP contribution in [0.3, 0.4) is 0 Å². The van der Waals surface area contributed by atoms with Crippen LogP contribution >= 0.6 is 0 Å². The predicted octanol–water partition coefficient (Wildman–Crippen LogP) is 2.19. The van der Waals surface area contributed by atoms with E-state index >= 15 is 0 Å². The molecule has 0 spiro atoms. The first kappa shape index (κ1) is 12.5. The second-order valence-corrected chi connectivity index (χ2v) is 2.99. The lowest BCUT2D eigenvalue weighted by atomic mass is 10.1. The van der Waals surface area contributed by atoms with Crippen molar-refractivity contribution in [3.63, 3.8) is 0 Å². The largest absolute Gasteiger partial charge is 0.465 e. The molecule has 1 rings (SSSR count). The molecule has 0 fully saturated rings. The smallest absolute Gasteiger partial charge is 0.344 e. The zero-order valence-corrected chi connectivity index (χ0v) is 8.86. The number of hydrogen-bond donors (Lipinski definition) is 0. The fourth-order valence-corrected chi connectivity index (χ4v) is 1.23. The van der Waals surface area contributed by atoms with Crippen molar-refractivity contribution in [1.82, 2.24) is 0 Å². The molecular weight excluding hydrogens is 228 g/mol. The summed E-state index contributed by atoms with van der Waals surface area (Å²) in [5, 5.41) is 14.0. The lowest BCUT2D eigenvalue weighted by molar-refractivity contribution is -0.385. The maximum absolute atomic E-state index is 11.3. The van der Waals surface area contributed by atoms with Crippen molar-refractivity contribution in [3.05, 3.63) is 49.9 Å². The van der Waals surface area contributed by atoms with Crippen molar-refractivity contribution < 1.29 is 14.5 Å². The highest BCUT2D eigenvalue weighted by Gasteiger charge is 2.20. The van der Waals surface area contributed by atoms with E-state index < -0.39 is 10.9 Å². The highest BCUT2D eigenvalue weighted by atomic mass is 16.6. The van der Waals surface area contributed by atoms with Crippen LogP contribution in [0.4, 0.5) is 5.69 Å². The minimum atomic E-state index is -0.806. The molecule has 1 aromatic carbocycles. The van der Waals surface area contributed by atoms with Crippen molar-refractivity contribution in [2.24, 2.45) is 5.11 Å². The Labute approximate surface area is 95.6 Å². The highest BCUT2D eigenvalue weighted by Crippen LogP contribution is 2.21. The molecule has 0 radical (unpaired) electrons. The number of benzene rings is 1. The van der Waals surface area contributed by atoms with E-state index in [1.54, 1.807) is 0 Å². The van der Waals surface area contributed by atoms with Gasteiger partial charge in [0.15, 0.2) is 0 Å². The molecule has 0 atom stereocenters.